The number of amides is 1. The molecule has 0 spiro atoms. The summed E-state index contributed by atoms with van der Waals surface area (Å²) in [7, 11) is -3.61. The smallest absolute Gasteiger partial charge is 0.268 e. The molecule has 7 nitrogen and oxygen atoms in total. The third kappa shape index (κ3) is 4.08. The number of unbranched alkanes of at least 4 members (excludes halogenated alkanes) is 1. The Labute approximate surface area is 136 Å². The second-order valence-corrected chi connectivity index (χ2v) is 6.79. The van der Waals surface area contributed by atoms with E-state index in [1.165, 1.54) is 6.07 Å². The normalized spacial score (nSPS) is 18.3. The predicted molar refractivity (Wildman–Crippen MR) is 86.4 cm³/mol. The number of hydroxylamine groups is 1. The Morgan fingerprint density at radius 3 is 2.78 bits per heavy atom. The molecule has 0 bridgehead atoms. The third-order valence-corrected chi connectivity index (χ3v) is 4.80. The molecular formula is C15H21N3O4S. The summed E-state index contributed by atoms with van der Waals surface area (Å²) >= 11 is 0. The predicted octanol–water partition coefficient (Wildman–Crippen LogP) is 1.35. The Kier molecular flexibility index (Phi) is 5.73. The second kappa shape index (κ2) is 7.56. The molecule has 126 valence electrons. The van der Waals surface area contributed by atoms with Crippen molar-refractivity contribution in [3.8, 4) is 0 Å². The van der Waals surface area contributed by atoms with Gasteiger partial charge in [-0.3, -0.25) is 19.3 Å². The van der Waals surface area contributed by atoms with Gasteiger partial charge in [0.15, 0.2) is 0 Å². The number of benzene rings is 1. The first-order valence-corrected chi connectivity index (χ1v) is 9.09. The highest BCUT2D eigenvalue weighted by molar-refractivity contribution is 7.90. The van der Waals surface area contributed by atoms with Gasteiger partial charge in [0.25, 0.3) is 15.9 Å². The SMILES string of the molecule is CCCC[C@H](N=C1NS(=O)(=O)c2ccccc21)C(=O)NOCC. The highest BCUT2D eigenvalue weighted by Crippen LogP contribution is 2.23. The number of carbonyl (C=O) groups excluding carboxylic acids is 1. The molecule has 0 unspecified atom stereocenters. The molecule has 0 saturated carbocycles. The molecule has 0 aromatic heterocycles. The van der Waals surface area contributed by atoms with Crippen LogP contribution in [-0.2, 0) is 19.7 Å². The zero-order valence-corrected chi connectivity index (χ0v) is 14.0. The van der Waals surface area contributed by atoms with Crippen molar-refractivity contribution in [3.05, 3.63) is 29.8 Å². The topological polar surface area (TPSA) is 96.9 Å². The van der Waals surface area contributed by atoms with Crippen molar-refractivity contribution in [3.63, 3.8) is 0 Å². The van der Waals surface area contributed by atoms with Gasteiger partial charge in [0.2, 0.25) is 0 Å². The van der Waals surface area contributed by atoms with Crippen LogP contribution in [0.25, 0.3) is 0 Å². The summed E-state index contributed by atoms with van der Waals surface area (Å²) < 4.78 is 26.6. The van der Waals surface area contributed by atoms with Gasteiger partial charge in [0.05, 0.1) is 11.5 Å². The number of fused-ring (bicyclic) bond motifs is 1. The summed E-state index contributed by atoms with van der Waals surface area (Å²) in [6.07, 6.45) is 2.23. The van der Waals surface area contributed by atoms with Crippen molar-refractivity contribution in [1.82, 2.24) is 10.2 Å². The highest BCUT2D eigenvalue weighted by Gasteiger charge is 2.31. The van der Waals surface area contributed by atoms with Gasteiger partial charge in [-0.05, 0) is 25.5 Å². The van der Waals surface area contributed by atoms with Gasteiger partial charge < -0.3 is 0 Å². The minimum atomic E-state index is -3.61. The van der Waals surface area contributed by atoms with Crippen LogP contribution in [-0.4, -0.2) is 32.8 Å². The molecule has 8 heteroatoms. The average molecular weight is 339 g/mol. The number of carbonyl (C=O) groups is 1. The minimum absolute atomic E-state index is 0.179. The zero-order valence-electron chi connectivity index (χ0n) is 13.2. The van der Waals surface area contributed by atoms with Gasteiger partial charge in [-0.2, -0.15) is 0 Å². The van der Waals surface area contributed by atoms with E-state index < -0.39 is 16.1 Å². The Morgan fingerprint density at radius 2 is 2.09 bits per heavy atom. The summed E-state index contributed by atoms with van der Waals surface area (Å²) in [5, 5.41) is 0. The number of hydrogen-bond donors (Lipinski definition) is 2. The lowest BCUT2D eigenvalue weighted by atomic mass is 10.1. The molecule has 2 N–H and O–H groups in total. The summed E-state index contributed by atoms with van der Waals surface area (Å²) in [5.74, 6) is -0.176. The zero-order chi connectivity index (χ0) is 16.9. The molecular weight excluding hydrogens is 318 g/mol. The number of nitrogens with zero attached hydrogens (tertiary/aromatic N) is 1. The maximum atomic E-state index is 12.1. The van der Waals surface area contributed by atoms with E-state index in [0.29, 0.717) is 18.6 Å². The van der Waals surface area contributed by atoms with E-state index in [0.717, 1.165) is 12.8 Å². The van der Waals surface area contributed by atoms with Crippen molar-refractivity contribution in [2.24, 2.45) is 4.99 Å². The maximum absolute atomic E-state index is 12.1. The summed E-state index contributed by atoms with van der Waals surface area (Å²) in [4.78, 5) is 21.6. The number of rotatable bonds is 7. The fourth-order valence-electron chi connectivity index (χ4n) is 2.25. The molecule has 1 aromatic carbocycles. The van der Waals surface area contributed by atoms with Crippen LogP contribution in [0.5, 0.6) is 0 Å². The lowest BCUT2D eigenvalue weighted by Gasteiger charge is -2.13. The van der Waals surface area contributed by atoms with Gasteiger partial charge in [-0.1, -0.05) is 31.9 Å². The standard InChI is InChI=1S/C15H21N3O4S/c1-3-5-9-12(15(19)17-22-4-2)16-14-11-8-6-7-10-13(11)23(20,21)18-14/h6-8,10,12H,3-5,9H2,1-2H3,(H,16,18)(H,17,19)/t12-/m0/s1. The molecule has 1 amide bonds. The number of hydrogen-bond acceptors (Lipinski definition) is 5. The van der Waals surface area contributed by atoms with E-state index in [9.17, 15) is 13.2 Å². The summed E-state index contributed by atoms with van der Waals surface area (Å²) in [6.45, 7) is 4.12. The van der Waals surface area contributed by atoms with E-state index in [1.807, 2.05) is 6.92 Å². The van der Waals surface area contributed by atoms with E-state index >= 15 is 0 Å². The molecule has 0 aliphatic carbocycles. The van der Waals surface area contributed by atoms with Gasteiger partial charge in [0.1, 0.15) is 11.9 Å². The summed E-state index contributed by atoms with van der Waals surface area (Å²) in [5.41, 5.74) is 2.82. The molecule has 23 heavy (non-hydrogen) atoms. The van der Waals surface area contributed by atoms with Crippen molar-refractivity contribution in [2.45, 2.75) is 44.0 Å². The van der Waals surface area contributed by atoms with Crippen LogP contribution in [0.2, 0.25) is 0 Å². The Balaban J connectivity index is 2.30. The van der Waals surface area contributed by atoms with Crippen LogP contribution in [0.4, 0.5) is 0 Å². The molecule has 1 aliphatic rings. The first-order valence-electron chi connectivity index (χ1n) is 7.61. The van der Waals surface area contributed by atoms with Crippen LogP contribution < -0.4 is 10.2 Å². The second-order valence-electron chi connectivity index (χ2n) is 5.14. The van der Waals surface area contributed by atoms with Crippen molar-refractivity contribution in [2.75, 3.05) is 6.61 Å². The molecule has 1 aliphatic heterocycles. The Bertz CT molecular complexity index is 700. The molecule has 1 aromatic rings. The highest BCUT2D eigenvalue weighted by atomic mass is 32.2. The largest absolute Gasteiger partial charge is 0.274 e. The van der Waals surface area contributed by atoms with Crippen LogP contribution >= 0.6 is 0 Å². The first kappa shape index (κ1) is 17.4. The average Bonchev–Trinajstić information content (AvgIpc) is 2.80. The number of nitrogens with one attached hydrogen (secondary N) is 2. The van der Waals surface area contributed by atoms with E-state index in [4.69, 9.17) is 4.84 Å². The number of sulfonamides is 1. The monoisotopic (exact) mass is 339 g/mol. The van der Waals surface area contributed by atoms with Crippen LogP contribution in [0.1, 0.15) is 38.7 Å². The molecule has 0 fully saturated rings. The van der Waals surface area contributed by atoms with Gasteiger partial charge in [-0.25, -0.2) is 13.9 Å². The van der Waals surface area contributed by atoms with E-state index in [1.54, 1.807) is 25.1 Å². The van der Waals surface area contributed by atoms with Gasteiger partial charge in [0, 0.05) is 5.56 Å². The lowest BCUT2D eigenvalue weighted by molar-refractivity contribution is -0.134. The van der Waals surface area contributed by atoms with Crippen molar-refractivity contribution >= 4 is 21.8 Å². The first-order chi connectivity index (χ1) is 11.0. The lowest BCUT2D eigenvalue weighted by Crippen LogP contribution is -2.35. The Hall–Kier alpha value is -1.93. The molecule has 1 atom stereocenters. The fourth-order valence-corrected chi connectivity index (χ4v) is 3.49. The van der Waals surface area contributed by atoms with E-state index in [2.05, 4.69) is 15.2 Å². The van der Waals surface area contributed by atoms with Crippen LogP contribution in [0, 0.1) is 0 Å². The van der Waals surface area contributed by atoms with Crippen LogP contribution in [0.15, 0.2) is 34.2 Å². The van der Waals surface area contributed by atoms with Crippen LogP contribution in [0.3, 0.4) is 0 Å². The van der Waals surface area contributed by atoms with Crippen molar-refractivity contribution in [1.29, 1.82) is 0 Å². The summed E-state index contributed by atoms with van der Waals surface area (Å²) in [6, 6.07) is 5.87. The quantitative estimate of drug-likeness (QED) is 0.733. The maximum Gasteiger partial charge on any atom is 0.268 e. The minimum Gasteiger partial charge on any atom is -0.274 e. The van der Waals surface area contributed by atoms with Gasteiger partial charge >= 0.3 is 0 Å². The molecule has 0 radical (unpaired) electrons. The third-order valence-electron chi connectivity index (χ3n) is 3.40. The Morgan fingerprint density at radius 1 is 1.35 bits per heavy atom. The molecule has 2 rings (SSSR count). The van der Waals surface area contributed by atoms with Gasteiger partial charge in [-0.15, -0.1) is 0 Å². The fraction of sp³-hybridized carbons (Fsp3) is 0.467. The van der Waals surface area contributed by atoms with Crippen molar-refractivity contribution < 1.29 is 18.0 Å². The number of amidine groups is 1. The molecule has 0 saturated heterocycles. The number of aliphatic imine (C=N–C) groups is 1. The molecule has 1 heterocycles. The van der Waals surface area contributed by atoms with E-state index in [-0.39, 0.29) is 16.6 Å².